The van der Waals surface area contributed by atoms with Gasteiger partial charge in [0.25, 0.3) is 12.0 Å². The van der Waals surface area contributed by atoms with Crippen molar-refractivity contribution in [1.29, 1.82) is 0 Å². The first-order valence-electron chi connectivity index (χ1n) is 5.37. The predicted octanol–water partition coefficient (Wildman–Crippen LogP) is -0.555. The van der Waals surface area contributed by atoms with Crippen LogP contribution < -0.4 is 11.2 Å². The van der Waals surface area contributed by atoms with E-state index < -0.39 is 17.7 Å². The van der Waals surface area contributed by atoms with Crippen molar-refractivity contribution in [3.05, 3.63) is 33.1 Å². The fourth-order valence-corrected chi connectivity index (χ4v) is 1.58. The van der Waals surface area contributed by atoms with Crippen LogP contribution in [0, 0.1) is 0 Å². The Morgan fingerprint density at radius 2 is 2.18 bits per heavy atom. The lowest BCUT2D eigenvalue weighted by atomic mass is 10.3. The number of aromatic amines is 1. The number of rotatable bonds is 3. The molecule has 2 rings (SSSR count). The third-order valence-electron chi connectivity index (χ3n) is 2.40. The summed E-state index contributed by atoms with van der Waals surface area (Å²) in [6.45, 7) is 2.27. The van der Waals surface area contributed by atoms with E-state index in [9.17, 15) is 9.59 Å². The van der Waals surface area contributed by atoms with Crippen molar-refractivity contribution in [2.45, 2.75) is 19.4 Å². The van der Waals surface area contributed by atoms with Crippen molar-refractivity contribution >= 4 is 0 Å². The molecule has 0 unspecified atom stereocenters. The maximum Gasteiger partial charge on any atom is 0.328 e. The van der Waals surface area contributed by atoms with Crippen LogP contribution in [0.4, 0.5) is 0 Å². The summed E-state index contributed by atoms with van der Waals surface area (Å²) in [5, 5.41) is 0. The van der Waals surface area contributed by atoms with Crippen molar-refractivity contribution < 1.29 is 14.2 Å². The van der Waals surface area contributed by atoms with Crippen LogP contribution in [0.3, 0.4) is 0 Å². The van der Waals surface area contributed by atoms with Gasteiger partial charge in [0.15, 0.2) is 0 Å². The molecule has 17 heavy (non-hydrogen) atoms. The smallest absolute Gasteiger partial charge is 0.328 e. The third-order valence-corrected chi connectivity index (χ3v) is 2.40. The monoisotopic (exact) mass is 242 g/mol. The minimum absolute atomic E-state index is 0.254. The minimum Gasteiger partial charge on any atom is -0.330 e. The first-order chi connectivity index (χ1) is 8.20. The van der Waals surface area contributed by atoms with Crippen molar-refractivity contribution in [3.8, 4) is 0 Å². The first-order valence-corrected chi connectivity index (χ1v) is 5.37. The van der Waals surface area contributed by atoms with Crippen molar-refractivity contribution in [3.63, 3.8) is 0 Å². The van der Waals surface area contributed by atoms with Gasteiger partial charge >= 0.3 is 5.69 Å². The van der Waals surface area contributed by atoms with Crippen LogP contribution in [0.5, 0.6) is 0 Å². The van der Waals surface area contributed by atoms with Gasteiger partial charge in [-0.2, -0.15) is 0 Å². The number of ether oxygens (including phenoxy) is 3. The quantitative estimate of drug-likeness (QED) is 0.768. The molecule has 0 saturated carbocycles. The van der Waals surface area contributed by atoms with Gasteiger partial charge in [-0.15, -0.1) is 0 Å². The highest BCUT2D eigenvalue weighted by Crippen LogP contribution is 2.14. The molecular formula is C10H14N2O5. The third kappa shape index (κ3) is 2.82. The predicted molar refractivity (Wildman–Crippen MR) is 57.7 cm³/mol. The molecule has 1 aromatic heterocycles. The van der Waals surface area contributed by atoms with Crippen LogP contribution >= 0.6 is 0 Å². The molecule has 1 N–H and O–H groups in total. The van der Waals surface area contributed by atoms with Crippen molar-refractivity contribution in [1.82, 2.24) is 9.55 Å². The van der Waals surface area contributed by atoms with Crippen LogP contribution in [0.1, 0.15) is 13.0 Å². The molecule has 0 aromatic carbocycles. The molecule has 1 aliphatic rings. The largest absolute Gasteiger partial charge is 0.330 e. The van der Waals surface area contributed by atoms with Gasteiger partial charge in [-0.05, 0) is 6.92 Å². The van der Waals surface area contributed by atoms with E-state index in [2.05, 4.69) is 4.98 Å². The molecule has 1 aliphatic heterocycles. The molecule has 1 aromatic rings. The lowest BCUT2D eigenvalue weighted by Gasteiger charge is -2.29. The Balaban J connectivity index is 2.05. The van der Waals surface area contributed by atoms with Crippen LogP contribution in [0.15, 0.2) is 21.9 Å². The van der Waals surface area contributed by atoms with Gasteiger partial charge in [-0.3, -0.25) is 14.3 Å². The molecule has 0 spiro atoms. The SMILES string of the molecule is CCOC1OCC(n2ccc(=O)[nH]c2=O)CO1. The van der Waals surface area contributed by atoms with Gasteiger partial charge in [0.05, 0.1) is 19.3 Å². The lowest BCUT2D eigenvalue weighted by Crippen LogP contribution is -2.40. The van der Waals surface area contributed by atoms with Gasteiger partial charge in [0.2, 0.25) is 0 Å². The lowest BCUT2D eigenvalue weighted by molar-refractivity contribution is -0.318. The summed E-state index contributed by atoms with van der Waals surface area (Å²) in [7, 11) is 0. The summed E-state index contributed by atoms with van der Waals surface area (Å²) in [4.78, 5) is 24.6. The molecule has 2 heterocycles. The number of hydrogen-bond donors (Lipinski definition) is 1. The number of nitrogens with one attached hydrogen (secondary N) is 1. The summed E-state index contributed by atoms with van der Waals surface area (Å²) in [6.07, 6.45) is 1.43. The number of aromatic nitrogens is 2. The van der Waals surface area contributed by atoms with Crippen LogP contribution in [0.25, 0.3) is 0 Å². The zero-order valence-electron chi connectivity index (χ0n) is 9.42. The molecule has 0 bridgehead atoms. The van der Waals surface area contributed by atoms with Crippen LogP contribution in [0.2, 0.25) is 0 Å². The van der Waals surface area contributed by atoms with E-state index in [0.717, 1.165) is 0 Å². The molecule has 94 valence electrons. The molecule has 0 atom stereocenters. The summed E-state index contributed by atoms with van der Waals surface area (Å²) in [5.41, 5.74) is -0.888. The Kier molecular flexibility index (Phi) is 3.72. The van der Waals surface area contributed by atoms with Gasteiger partial charge in [-0.25, -0.2) is 4.79 Å². The second kappa shape index (κ2) is 5.26. The number of nitrogens with zero attached hydrogens (tertiary/aromatic N) is 1. The Hall–Kier alpha value is -1.44. The summed E-state index contributed by atoms with van der Waals surface area (Å²) < 4.78 is 17.1. The highest BCUT2D eigenvalue weighted by Gasteiger charge is 2.24. The Bertz CT molecular complexity index is 472. The second-order valence-electron chi connectivity index (χ2n) is 3.58. The van der Waals surface area contributed by atoms with E-state index in [4.69, 9.17) is 14.2 Å². The molecule has 1 saturated heterocycles. The number of hydrogen-bond acceptors (Lipinski definition) is 5. The molecule has 1 fully saturated rings. The average Bonchev–Trinajstić information content (AvgIpc) is 2.31. The summed E-state index contributed by atoms with van der Waals surface area (Å²) in [6, 6.07) is 1.03. The molecule has 0 amide bonds. The first kappa shape index (κ1) is 12.0. The molecule has 0 radical (unpaired) electrons. The van der Waals surface area contributed by atoms with Gasteiger partial charge in [0.1, 0.15) is 0 Å². The Morgan fingerprint density at radius 1 is 1.47 bits per heavy atom. The minimum atomic E-state index is -0.672. The Morgan fingerprint density at radius 3 is 2.76 bits per heavy atom. The van der Waals surface area contributed by atoms with E-state index in [0.29, 0.717) is 19.8 Å². The highest BCUT2D eigenvalue weighted by atomic mass is 16.8. The fraction of sp³-hybridized carbons (Fsp3) is 0.600. The van der Waals surface area contributed by atoms with E-state index >= 15 is 0 Å². The maximum atomic E-state index is 11.5. The molecule has 7 nitrogen and oxygen atoms in total. The van der Waals surface area contributed by atoms with Gasteiger partial charge in [-0.1, -0.05) is 0 Å². The van der Waals surface area contributed by atoms with Crippen LogP contribution in [-0.4, -0.2) is 35.8 Å². The fourth-order valence-electron chi connectivity index (χ4n) is 1.58. The topological polar surface area (TPSA) is 82.5 Å². The van der Waals surface area contributed by atoms with Gasteiger partial charge in [0, 0.05) is 18.9 Å². The maximum absolute atomic E-state index is 11.5. The van der Waals surface area contributed by atoms with E-state index in [1.165, 1.54) is 16.8 Å². The molecular weight excluding hydrogens is 228 g/mol. The normalized spacial score (nSPS) is 24.8. The summed E-state index contributed by atoms with van der Waals surface area (Å²) in [5.74, 6) is 0. The van der Waals surface area contributed by atoms with E-state index in [1.54, 1.807) is 0 Å². The Labute approximate surface area is 96.9 Å². The highest BCUT2D eigenvalue weighted by molar-refractivity contribution is 4.86. The zero-order valence-corrected chi connectivity index (χ0v) is 9.42. The number of H-pyrrole nitrogens is 1. The zero-order chi connectivity index (χ0) is 12.3. The van der Waals surface area contributed by atoms with Gasteiger partial charge < -0.3 is 14.2 Å². The van der Waals surface area contributed by atoms with Crippen molar-refractivity contribution in [2.75, 3.05) is 19.8 Å². The standard InChI is InChI=1S/C10H14N2O5/c1-2-15-10-16-5-7(6-17-10)12-4-3-8(13)11-9(12)14/h3-4,7,10H,2,5-6H2,1H3,(H,11,13,14). The average molecular weight is 242 g/mol. The van der Waals surface area contributed by atoms with E-state index in [1.807, 2.05) is 6.92 Å². The summed E-state index contributed by atoms with van der Waals surface area (Å²) >= 11 is 0. The second-order valence-corrected chi connectivity index (χ2v) is 3.58. The van der Waals surface area contributed by atoms with E-state index in [-0.39, 0.29) is 6.04 Å². The van der Waals surface area contributed by atoms with Crippen LogP contribution in [-0.2, 0) is 14.2 Å². The van der Waals surface area contributed by atoms with Crippen molar-refractivity contribution in [2.24, 2.45) is 0 Å². The molecule has 0 aliphatic carbocycles. The molecule has 7 heteroatoms.